The highest BCUT2D eigenvalue weighted by Gasteiger charge is 2.47. The van der Waals surface area contributed by atoms with Crippen LogP contribution in [0.5, 0.6) is 0 Å². The third-order valence-corrected chi connectivity index (χ3v) is 4.30. The molecule has 1 saturated heterocycles. The van der Waals surface area contributed by atoms with Crippen molar-refractivity contribution < 1.29 is 19.4 Å². The summed E-state index contributed by atoms with van der Waals surface area (Å²) in [5.74, 6) is -0.637. The van der Waals surface area contributed by atoms with Crippen molar-refractivity contribution >= 4 is 12.0 Å². The number of carboxylic acid groups (broad SMARTS) is 1. The Morgan fingerprint density at radius 3 is 2.55 bits per heavy atom. The summed E-state index contributed by atoms with van der Waals surface area (Å²) >= 11 is 0. The largest absolute Gasteiger partial charge is 0.481 e. The predicted molar refractivity (Wildman–Crippen MR) is 75.5 cm³/mol. The van der Waals surface area contributed by atoms with Crippen molar-refractivity contribution in [2.75, 3.05) is 19.8 Å². The predicted octanol–water partition coefficient (Wildman–Crippen LogP) is 1.46. The lowest BCUT2D eigenvalue weighted by Crippen LogP contribution is -2.53. The highest BCUT2D eigenvalue weighted by atomic mass is 16.5. The number of carbonyl (C=O) groups is 2. The number of ether oxygens (including phenoxy) is 1. The number of hydrogen-bond acceptors (Lipinski definition) is 3. The molecular weight excluding hydrogens is 260 g/mol. The van der Waals surface area contributed by atoms with E-state index in [1.54, 1.807) is 6.92 Å². The molecule has 2 amide bonds. The number of carbonyl (C=O) groups excluding carboxylic acids is 1. The fourth-order valence-corrected chi connectivity index (χ4v) is 1.85. The van der Waals surface area contributed by atoms with Gasteiger partial charge in [0.25, 0.3) is 0 Å². The Morgan fingerprint density at radius 2 is 2.05 bits per heavy atom. The first-order chi connectivity index (χ1) is 9.07. The topological polar surface area (TPSA) is 87.7 Å². The van der Waals surface area contributed by atoms with E-state index in [0.717, 1.165) is 0 Å². The summed E-state index contributed by atoms with van der Waals surface area (Å²) in [4.78, 5) is 23.1. The monoisotopic (exact) mass is 286 g/mol. The fraction of sp³-hybridized carbons (Fsp3) is 0.857. The van der Waals surface area contributed by atoms with Gasteiger partial charge in [-0.3, -0.25) is 4.79 Å². The van der Waals surface area contributed by atoms with Gasteiger partial charge in [-0.15, -0.1) is 0 Å². The van der Waals surface area contributed by atoms with E-state index in [0.29, 0.717) is 12.5 Å². The first-order valence-corrected chi connectivity index (χ1v) is 6.93. The normalized spacial score (nSPS) is 27.9. The molecule has 1 heterocycles. The van der Waals surface area contributed by atoms with Crippen LogP contribution in [-0.4, -0.2) is 42.9 Å². The second-order valence-electron chi connectivity index (χ2n) is 6.91. The highest BCUT2D eigenvalue weighted by Crippen LogP contribution is 2.28. The van der Waals surface area contributed by atoms with E-state index in [1.165, 1.54) is 0 Å². The van der Waals surface area contributed by atoms with Crippen LogP contribution in [0.15, 0.2) is 0 Å². The molecule has 0 aromatic carbocycles. The molecule has 6 nitrogen and oxygen atoms in total. The first-order valence-electron chi connectivity index (χ1n) is 6.93. The van der Waals surface area contributed by atoms with Gasteiger partial charge in [0, 0.05) is 6.54 Å². The van der Waals surface area contributed by atoms with Gasteiger partial charge < -0.3 is 20.5 Å². The van der Waals surface area contributed by atoms with Crippen LogP contribution in [-0.2, 0) is 9.53 Å². The Kier molecular flexibility index (Phi) is 5.02. The van der Waals surface area contributed by atoms with Crippen LogP contribution in [0.25, 0.3) is 0 Å². The molecule has 116 valence electrons. The Morgan fingerprint density at radius 1 is 1.45 bits per heavy atom. The third-order valence-electron chi connectivity index (χ3n) is 4.30. The van der Waals surface area contributed by atoms with Crippen molar-refractivity contribution in [3.05, 3.63) is 0 Å². The Labute approximate surface area is 120 Å². The fourth-order valence-electron chi connectivity index (χ4n) is 1.85. The van der Waals surface area contributed by atoms with Crippen LogP contribution < -0.4 is 10.6 Å². The van der Waals surface area contributed by atoms with Crippen LogP contribution in [0.3, 0.4) is 0 Å². The lowest BCUT2D eigenvalue weighted by atomic mass is 9.82. The molecular formula is C14H26N2O4. The summed E-state index contributed by atoms with van der Waals surface area (Å²) in [6.07, 6.45) is 0. The second kappa shape index (κ2) is 5.99. The van der Waals surface area contributed by atoms with Gasteiger partial charge in [0.15, 0.2) is 0 Å². The van der Waals surface area contributed by atoms with Gasteiger partial charge >= 0.3 is 12.0 Å². The van der Waals surface area contributed by atoms with Crippen molar-refractivity contribution in [3.8, 4) is 0 Å². The van der Waals surface area contributed by atoms with Gasteiger partial charge in [-0.25, -0.2) is 4.79 Å². The molecule has 0 radical (unpaired) electrons. The molecule has 3 atom stereocenters. The minimum Gasteiger partial charge on any atom is -0.481 e. The van der Waals surface area contributed by atoms with E-state index in [1.807, 2.05) is 0 Å². The van der Waals surface area contributed by atoms with Gasteiger partial charge in [0.05, 0.1) is 19.3 Å². The quantitative estimate of drug-likeness (QED) is 0.730. The summed E-state index contributed by atoms with van der Waals surface area (Å²) in [5, 5.41) is 14.7. The lowest BCUT2D eigenvalue weighted by molar-refractivity contribution is -0.148. The molecule has 0 saturated carbocycles. The van der Waals surface area contributed by atoms with Gasteiger partial charge in [-0.2, -0.15) is 0 Å². The third kappa shape index (κ3) is 3.85. The van der Waals surface area contributed by atoms with E-state index in [4.69, 9.17) is 4.74 Å². The number of hydrogen-bond donors (Lipinski definition) is 3. The van der Waals surface area contributed by atoms with Crippen LogP contribution in [0.4, 0.5) is 4.79 Å². The van der Waals surface area contributed by atoms with Gasteiger partial charge in [0.2, 0.25) is 0 Å². The molecule has 0 aliphatic carbocycles. The number of aliphatic carboxylic acids is 1. The van der Waals surface area contributed by atoms with Gasteiger partial charge in [0.1, 0.15) is 5.41 Å². The minimum absolute atomic E-state index is 0.110. The SMILES string of the molecule is CC(CNC(=O)NC1COCC1(C)C(=O)O)C(C)(C)C. The zero-order valence-corrected chi connectivity index (χ0v) is 12.9. The van der Waals surface area contributed by atoms with E-state index < -0.39 is 17.4 Å². The molecule has 1 rings (SSSR count). The summed E-state index contributed by atoms with van der Waals surface area (Å²) in [6, 6.07) is -0.853. The van der Waals surface area contributed by atoms with Crippen molar-refractivity contribution in [1.29, 1.82) is 0 Å². The Bertz CT molecular complexity index is 378. The zero-order chi connectivity index (χ0) is 15.6. The lowest BCUT2D eigenvalue weighted by Gasteiger charge is -2.29. The summed E-state index contributed by atoms with van der Waals surface area (Å²) in [5.41, 5.74) is -0.952. The Balaban J connectivity index is 2.49. The molecule has 1 aliphatic heterocycles. The average molecular weight is 286 g/mol. The maximum Gasteiger partial charge on any atom is 0.315 e. The molecule has 6 heteroatoms. The van der Waals surface area contributed by atoms with Crippen molar-refractivity contribution in [3.63, 3.8) is 0 Å². The number of nitrogens with one attached hydrogen (secondary N) is 2. The zero-order valence-electron chi connectivity index (χ0n) is 12.9. The van der Waals surface area contributed by atoms with Crippen molar-refractivity contribution in [1.82, 2.24) is 10.6 Å². The van der Waals surface area contributed by atoms with E-state index in [9.17, 15) is 14.7 Å². The van der Waals surface area contributed by atoms with Crippen LogP contribution in [0.1, 0.15) is 34.6 Å². The standard InChI is InChI=1S/C14H26N2O4/c1-9(13(2,3)4)6-15-12(19)16-10-7-20-8-14(10,5)11(17)18/h9-10H,6-8H2,1-5H3,(H,17,18)(H2,15,16,19). The van der Waals surface area contributed by atoms with E-state index in [2.05, 4.69) is 38.3 Å². The minimum atomic E-state index is -1.06. The van der Waals surface area contributed by atoms with E-state index >= 15 is 0 Å². The van der Waals surface area contributed by atoms with Gasteiger partial charge in [-0.05, 0) is 18.3 Å². The molecule has 0 bridgehead atoms. The van der Waals surface area contributed by atoms with Crippen molar-refractivity contribution in [2.24, 2.45) is 16.7 Å². The molecule has 20 heavy (non-hydrogen) atoms. The molecule has 0 spiro atoms. The molecule has 3 unspecified atom stereocenters. The maximum absolute atomic E-state index is 11.9. The number of urea groups is 1. The smallest absolute Gasteiger partial charge is 0.315 e. The van der Waals surface area contributed by atoms with Crippen molar-refractivity contribution in [2.45, 2.75) is 40.7 Å². The summed E-state index contributed by atoms with van der Waals surface area (Å²) in [6.45, 7) is 10.9. The van der Waals surface area contributed by atoms with E-state index in [-0.39, 0.29) is 24.7 Å². The highest BCUT2D eigenvalue weighted by molar-refractivity contribution is 5.79. The maximum atomic E-state index is 11.9. The molecule has 0 aromatic heterocycles. The molecule has 1 aliphatic rings. The van der Waals surface area contributed by atoms with Crippen LogP contribution >= 0.6 is 0 Å². The first kappa shape index (κ1) is 16.8. The second-order valence-corrected chi connectivity index (χ2v) is 6.91. The molecule has 3 N–H and O–H groups in total. The average Bonchev–Trinajstić information content (AvgIpc) is 2.68. The summed E-state index contributed by atoms with van der Waals surface area (Å²) < 4.78 is 5.19. The van der Waals surface area contributed by atoms with Gasteiger partial charge in [-0.1, -0.05) is 27.7 Å². The number of rotatable bonds is 4. The van der Waals surface area contributed by atoms with Crippen LogP contribution in [0.2, 0.25) is 0 Å². The number of carboxylic acids is 1. The summed E-state index contributed by atoms with van der Waals surface area (Å²) in [7, 11) is 0. The Hall–Kier alpha value is -1.30. The molecule has 0 aromatic rings. The number of amides is 2. The molecule has 1 fully saturated rings. The van der Waals surface area contributed by atoms with Crippen LogP contribution in [0, 0.1) is 16.7 Å².